The number of rotatable bonds is 4. The lowest BCUT2D eigenvalue weighted by atomic mass is 10.2. The molecule has 0 bridgehead atoms. The van der Waals surface area contributed by atoms with Gasteiger partial charge in [0.15, 0.2) is 5.84 Å². The van der Waals surface area contributed by atoms with E-state index >= 15 is 0 Å². The number of halogens is 4. The van der Waals surface area contributed by atoms with Crippen LogP contribution in [0.1, 0.15) is 12.0 Å². The normalized spacial score (nSPS) is 12.6. The van der Waals surface area contributed by atoms with Gasteiger partial charge in [-0.3, -0.25) is 0 Å². The minimum atomic E-state index is -4.27. The molecule has 100 valence electrons. The first kappa shape index (κ1) is 14.4. The van der Waals surface area contributed by atoms with Gasteiger partial charge in [0.2, 0.25) is 0 Å². The molecular weight excluding hydrogens is 273 g/mol. The fourth-order valence-electron chi connectivity index (χ4n) is 1.13. The Morgan fingerprint density at radius 1 is 1.44 bits per heavy atom. The summed E-state index contributed by atoms with van der Waals surface area (Å²) in [6, 6.07) is 4.07. The summed E-state index contributed by atoms with van der Waals surface area (Å²) in [7, 11) is 0. The number of hydrogen-bond acceptors (Lipinski definition) is 3. The van der Waals surface area contributed by atoms with Crippen LogP contribution in [-0.2, 0) is 0 Å². The average molecular weight is 283 g/mol. The third-order valence-corrected chi connectivity index (χ3v) is 2.29. The molecule has 0 aliphatic carbocycles. The molecule has 0 aliphatic heterocycles. The zero-order chi connectivity index (χ0) is 13.8. The van der Waals surface area contributed by atoms with Gasteiger partial charge in [0.25, 0.3) is 0 Å². The Labute approximate surface area is 106 Å². The molecule has 1 rings (SSSR count). The summed E-state index contributed by atoms with van der Waals surface area (Å²) in [5, 5.41) is 11.3. The van der Waals surface area contributed by atoms with E-state index in [0.29, 0.717) is 0 Å². The van der Waals surface area contributed by atoms with Gasteiger partial charge in [0.05, 0.1) is 18.1 Å². The number of benzene rings is 1. The van der Waals surface area contributed by atoms with Crippen molar-refractivity contribution in [2.75, 3.05) is 6.61 Å². The van der Waals surface area contributed by atoms with Gasteiger partial charge in [-0.1, -0.05) is 16.8 Å². The smallest absolute Gasteiger partial charge is 0.392 e. The van der Waals surface area contributed by atoms with Gasteiger partial charge < -0.3 is 15.7 Å². The number of amidine groups is 1. The van der Waals surface area contributed by atoms with Crippen molar-refractivity contribution in [3.05, 3.63) is 28.8 Å². The van der Waals surface area contributed by atoms with Gasteiger partial charge in [-0.25, -0.2) is 0 Å². The molecule has 0 saturated carbocycles. The van der Waals surface area contributed by atoms with E-state index in [1.807, 2.05) is 0 Å². The van der Waals surface area contributed by atoms with Crippen molar-refractivity contribution in [2.45, 2.75) is 12.6 Å². The zero-order valence-corrected chi connectivity index (χ0v) is 9.79. The summed E-state index contributed by atoms with van der Waals surface area (Å²) in [5.74, 6) is -0.0134. The highest BCUT2D eigenvalue weighted by Gasteiger charge is 2.26. The summed E-state index contributed by atoms with van der Waals surface area (Å²) in [6.45, 7) is -0.497. The van der Waals surface area contributed by atoms with E-state index in [1.165, 1.54) is 18.2 Å². The van der Waals surface area contributed by atoms with Gasteiger partial charge in [-0.05, 0) is 18.2 Å². The number of nitrogens with two attached hydrogens (primary N) is 1. The molecule has 0 fully saturated rings. The van der Waals surface area contributed by atoms with Crippen LogP contribution in [0.5, 0.6) is 5.75 Å². The van der Waals surface area contributed by atoms with Crippen molar-refractivity contribution in [3.63, 3.8) is 0 Å². The molecule has 3 N–H and O–H groups in total. The quantitative estimate of drug-likeness (QED) is 0.386. The topological polar surface area (TPSA) is 67.8 Å². The number of oxime groups is 1. The van der Waals surface area contributed by atoms with E-state index in [4.69, 9.17) is 27.3 Å². The van der Waals surface area contributed by atoms with Crippen LogP contribution in [0.4, 0.5) is 13.2 Å². The highest BCUT2D eigenvalue weighted by Crippen LogP contribution is 2.24. The molecular formula is C10H10ClF3N2O2. The van der Waals surface area contributed by atoms with Crippen LogP contribution < -0.4 is 10.5 Å². The maximum atomic E-state index is 11.9. The van der Waals surface area contributed by atoms with Crippen LogP contribution in [0.25, 0.3) is 0 Å². The molecule has 0 saturated heterocycles. The Bertz CT molecular complexity index is 449. The molecule has 1 aromatic rings. The minimum absolute atomic E-state index is 0.120. The van der Waals surface area contributed by atoms with Crippen molar-refractivity contribution in [1.82, 2.24) is 0 Å². The van der Waals surface area contributed by atoms with Crippen LogP contribution in [-0.4, -0.2) is 23.8 Å². The third-order valence-electron chi connectivity index (χ3n) is 1.98. The third kappa shape index (κ3) is 4.33. The SMILES string of the molecule is N/C(=N/O)c1ccc(OCCC(F)(F)F)cc1Cl. The van der Waals surface area contributed by atoms with Gasteiger partial charge in [0, 0.05) is 5.56 Å². The Morgan fingerprint density at radius 2 is 2.11 bits per heavy atom. The molecule has 0 heterocycles. The second-order valence-corrected chi connectivity index (χ2v) is 3.75. The maximum Gasteiger partial charge on any atom is 0.392 e. The number of nitrogens with zero attached hydrogens (tertiary/aromatic N) is 1. The summed E-state index contributed by atoms with van der Waals surface area (Å²) in [6.07, 6.45) is -5.32. The van der Waals surface area contributed by atoms with E-state index in [0.717, 1.165) is 0 Å². The van der Waals surface area contributed by atoms with Crippen LogP contribution in [0.3, 0.4) is 0 Å². The summed E-state index contributed by atoms with van der Waals surface area (Å²) in [4.78, 5) is 0. The summed E-state index contributed by atoms with van der Waals surface area (Å²) in [5.41, 5.74) is 5.59. The van der Waals surface area contributed by atoms with E-state index < -0.39 is 19.2 Å². The van der Waals surface area contributed by atoms with Crippen LogP contribution in [0.2, 0.25) is 5.02 Å². The lowest BCUT2D eigenvalue weighted by molar-refractivity contribution is -0.139. The highest BCUT2D eigenvalue weighted by molar-refractivity contribution is 6.34. The second kappa shape index (κ2) is 5.81. The number of alkyl halides is 3. The number of hydrogen-bond donors (Lipinski definition) is 2. The first-order valence-electron chi connectivity index (χ1n) is 4.80. The van der Waals surface area contributed by atoms with E-state index in [-0.39, 0.29) is 22.2 Å². The monoisotopic (exact) mass is 282 g/mol. The predicted octanol–water partition coefficient (Wildman–Crippen LogP) is 2.77. The second-order valence-electron chi connectivity index (χ2n) is 3.34. The van der Waals surface area contributed by atoms with Crippen molar-refractivity contribution in [3.8, 4) is 5.75 Å². The Hall–Kier alpha value is -1.63. The molecule has 0 atom stereocenters. The fraction of sp³-hybridized carbons (Fsp3) is 0.300. The van der Waals surface area contributed by atoms with E-state index in [2.05, 4.69) is 5.16 Å². The Morgan fingerprint density at radius 3 is 2.61 bits per heavy atom. The van der Waals surface area contributed by atoms with Gasteiger partial charge in [-0.2, -0.15) is 13.2 Å². The first-order valence-corrected chi connectivity index (χ1v) is 5.18. The van der Waals surface area contributed by atoms with Crippen molar-refractivity contribution in [2.24, 2.45) is 10.9 Å². The van der Waals surface area contributed by atoms with Crippen molar-refractivity contribution < 1.29 is 23.1 Å². The molecule has 18 heavy (non-hydrogen) atoms. The van der Waals surface area contributed by atoms with Crippen molar-refractivity contribution >= 4 is 17.4 Å². The molecule has 1 aromatic carbocycles. The van der Waals surface area contributed by atoms with Crippen LogP contribution in [0.15, 0.2) is 23.4 Å². The molecule has 4 nitrogen and oxygen atoms in total. The molecule has 0 aliphatic rings. The largest absolute Gasteiger partial charge is 0.493 e. The first-order chi connectivity index (χ1) is 8.33. The molecule has 0 spiro atoms. The van der Waals surface area contributed by atoms with Gasteiger partial charge >= 0.3 is 6.18 Å². The molecule has 0 unspecified atom stereocenters. The summed E-state index contributed by atoms with van der Waals surface area (Å²) < 4.78 is 40.5. The predicted molar refractivity (Wildman–Crippen MR) is 60.1 cm³/mol. The van der Waals surface area contributed by atoms with Gasteiger partial charge in [0.1, 0.15) is 5.75 Å². The lowest BCUT2D eigenvalue weighted by Crippen LogP contribution is -2.14. The van der Waals surface area contributed by atoms with Crippen LogP contribution in [0, 0.1) is 0 Å². The minimum Gasteiger partial charge on any atom is -0.493 e. The number of ether oxygens (including phenoxy) is 1. The molecule has 0 radical (unpaired) electrons. The average Bonchev–Trinajstić information content (AvgIpc) is 2.26. The lowest BCUT2D eigenvalue weighted by Gasteiger charge is -2.10. The fourth-order valence-corrected chi connectivity index (χ4v) is 1.40. The van der Waals surface area contributed by atoms with Crippen molar-refractivity contribution in [1.29, 1.82) is 0 Å². The Kier molecular flexibility index (Phi) is 4.66. The highest BCUT2D eigenvalue weighted by atomic mass is 35.5. The maximum absolute atomic E-state index is 11.9. The molecule has 0 amide bonds. The zero-order valence-electron chi connectivity index (χ0n) is 9.04. The van der Waals surface area contributed by atoms with Crippen LogP contribution >= 0.6 is 11.6 Å². The van der Waals surface area contributed by atoms with E-state index in [9.17, 15) is 13.2 Å². The molecule has 8 heteroatoms. The van der Waals surface area contributed by atoms with Gasteiger partial charge in [-0.15, -0.1) is 0 Å². The Balaban J connectivity index is 2.68. The molecule has 0 aromatic heterocycles. The standard InChI is InChI=1S/C10H10ClF3N2O2/c11-8-5-6(18-4-3-10(12,13)14)1-2-7(8)9(15)16-17/h1-2,5,17H,3-4H2,(H2,15,16). The van der Waals surface area contributed by atoms with E-state index in [1.54, 1.807) is 0 Å². The summed E-state index contributed by atoms with van der Waals surface area (Å²) >= 11 is 5.80.